The second kappa shape index (κ2) is 6.48. The number of thioether (sulfide) groups is 1. The zero-order chi connectivity index (χ0) is 12.1. The summed E-state index contributed by atoms with van der Waals surface area (Å²) >= 11 is 7.37. The van der Waals surface area contributed by atoms with Crippen molar-refractivity contribution in [2.75, 3.05) is 5.75 Å². The summed E-state index contributed by atoms with van der Waals surface area (Å²) in [5.41, 5.74) is 0.864. The van der Waals surface area contributed by atoms with Gasteiger partial charge in [0.2, 0.25) is 0 Å². The van der Waals surface area contributed by atoms with E-state index in [4.69, 9.17) is 11.6 Å². The van der Waals surface area contributed by atoms with Gasteiger partial charge < -0.3 is 5.11 Å². The van der Waals surface area contributed by atoms with E-state index in [0.717, 1.165) is 5.56 Å². The van der Waals surface area contributed by atoms with Gasteiger partial charge in [-0.3, -0.25) is 0 Å². The van der Waals surface area contributed by atoms with E-state index < -0.39 is 11.9 Å². The first-order valence-electron chi connectivity index (χ1n) is 5.22. The molecular weight excluding hydrogens is 247 g/mol. The van der Waals surface area contributed by atoms with Crippen molar-refractivity contribution in [1.82, 2.24) is 0 Å². The van der Waals surface area contributed by atoms with Crippen molar-refractivity contribution in [2.24, 2.45) is 0 Å². The third kappa shape index (κ3) is 4.73. The van der Waals surface area contributed by atoms with E-state index in [-0.39, 0.29) is 5.02 Å². The van der Waals surface area contributed by atoms with E-state index in [0.29, 0.717) is 17.4 Å². The Kier molecular flexibility index (Phi) is 5.59. The molecule has 0 aliphatic rings. The molecule has 90 valence electrons. The predicted molar refractivity (Wildman–Crippen MR) is 68.7 cm³/mol. The van der Waals surface area contributed by atoms with Crippen molar-refractivity contribution in [1.29, 1.82) is 0 Å². The highest BCUT2D eigenvalue weighted by Crippen LogP contribution is 2.18. The van der Waals surface area contributed by atoms with Crippen LogP contribution < -0.4 is 0 Å². The number of hydrogen-bond acceptors (Lipinski definition) is 2. The van der Waals surface area contributed by atoms with Gasteiger partial charge in [-0.05, 0) is 29.4 Å². The zero-order valence-corrected chi connectivity index (χ0v) is 11.0. The molecule has 0 saturated carbocycles. The van der Waals surface area contributed by atoms with Crippen LogP contribution in [-0.4, -0.2) is 22.2 Å². The molecule has 0 aromatic heterocycles. The van der Waals surface area contributed by atoms with E-state index >= 15 is 0 Å². The third-order valence-electron chi connectivity index (χ3n) is 2.08. The first-order chi connectivity index (χ1) is 7.49. The minimum absolute atomic E-state index is 0.112. The molecule has 0 bridgehead atoms. The van der Waals surface area contributed by atoms with Crippen LogP contribution in [0.1, 0.15) is 19.4 Å². The standard InChI is InChI=1S/C12H16ClFOS/c1-8(2)16-7-10(15)5-9-3-4-12(14)11(13)6-9/h3-4,6,8,10,15H,5,7H2,1-2H3. The van der Waals surface area contributed by atoms with Gasteiger partial charge in [-0.1, -0.05) is 31.5 Å². The largest absolute Gasteiger partial charge is 0.392 e. The first-order valence-corrected chi connectivity index (χ1v) is 6.65. The maximum absolute atomic E-state index is 12.9. The lowest BCUT2D eigenvalue weighted by molar-refractivity contribution is 0.200. The maximum atomic E-state index is 12.9. The van der Waals surface area contributed by atoms with E-state index in [1.54, 1.807) is 23.9 Å². The number of halogens is 2. The van der Waals surface area contributed by atoms with Gasteiger partial charge >= 0.3 is 0 Å². The van der Waals surface area contributed by atoms with Gasteiger partial charge in [0.15, 0.2) is 0 Å². The number of aliphatic hydroxyl groups excluding tert-OH is 1. The second-order valence-electron chi connectivity index (χ2n) is 3.99. The summed E-state index contributed by atoms with van der Waals surface area (Å²) in [4.78, 5) is 0. The van der Waals surface area contributed by atoms with Crippen molar-refractivity contribution in [3.63, 3.8) is 0 Å². The summed E-state index contributed by atoms with van der Waals surface area (Å²) in [5, 5.41) is 10.4. The van der Waals surface area contributed by atoms with Crippen LogP contribution in [0.5, 0.6) is 0 Å². The maximum Gasteiger partial charge on any atom is 0.141 e. The summed E-state index contributed by atoms with van der Waals surface area (Å²) in [6.07, 6.45) is 0.105. The average Bonchev–Trinajstić information content (AvgIpc) is 2.21. The summed E-state index contributed by atoms with van der Waals surface area (Å²) in [6.45, 7) is 4.18. The number of rotatable bonds is 5. The molecule has 1 unspecified atom stereocenters. The topological polar surface area (TPSA) is 20.2 Å². The van der Waals surface area contributed by atoms with Gasteiger partial charge in [0.05, 0.1) is 11.1 Å². The highest BCUT2D eigenvalue weighted by molar-refractivity contribution is 7.99. The van der Waals surface area contributed by atoms with Crippen LogP contribution in [0.3, 0.4) is 0 Å². The van der Waals surface area contributed by atoms with E-state index in [9.17, 15) is 9.50 Å². The average molecular weight is 263 g/mol. The Hall–Kier alpha value is -0.250. The van der Waals surface area contributed by atoms with Crippen molar-refractivity contribution in [2.45, 2.75) is 31.6 Å². The molecule has 1 aromatic rings. The van der Waals surface area contributed by atoms with Crippen molar-refractivity contribution in [3.05, 3.63) is 34.6 Å². The highest BCUT2D eigenvalue weighted by atomic mass is 35.5. The summed E-state index contributed by atoms with van der Waals surface area (Å²) in [7, 11) is 0. The molecule has 0 aliphatic carbocycles. The predicted octanol–water partition coefficient (Wildman–Crippen LogP) is 3.52. The van der Waals surface area contributed by atoms with Gasteiger partial charge in [-0.2, -0.15) is 11.8 Å². The molecule has 0 saturated heterocycles. The quantitative estimate of drug-likeness (QED) is 0.876. The molecule has 1 rings (SSSR count). The van der Waals surface area contributed by atoms with Crippen molar-refractivity contribution < 1.29 is 9.50 Å². The van der Waals surface area contributed by atoms with Crippen LogP contribution in [-0.2, 0) is 6.42 Å². The summed E-state index contributed by atoms with van der Waals surface area (Å²) in [5.74, 6) is 0.267. The molecule has 0 aliphatic heterocycles. The van der Waals surface area contributed by atoms with Crippen LogP contribution in [0.25, 0.3) is 0 Å². The SMILES string of the molecule is CC(C)SCC(O)Cc1ccc(F)c(Cl)c1. The molecular formula is C12H16ClFOS. The van der Waals surface area contributed by atoms with Crippen LogP contribution in [0.15, 0.2) is 18.2 Å². The smallest absolute Gasteiger partial charge is 0.141 e. The fraction of sp³-hybridized carbons (Fsp3) is 0.500. The van der Waals surface area contributed by atoms with Gasteiger partial charge in [-0.15, -0.1) is 0 Å². The molecule has 1 atom stereocenters. The molecule has 4 heteroatoms. The van der Waals surface area contributed by atoms with Gasteiger partial charge in [-0.25, -0.2) is 4.39 Å². The summed E-state index contributed by atoms with van der Waals surface area (Å²) < 4.78 is 12.9. The molecule has 1 nitrogen and oxygen atoms in total. The Balaban J connectivity index is 2.49. The third-order valence-corrected chi connectivity index (χ3v) is 3.61. The first kappa shape index (κ1) is 13.8. The second-order valence-corrected chi connectivity index (χ2v) is 6.01. The minimum Gasteiger partial charge on any atom is -0.392 e. The Morgan fingerprint density at radius 1 is 1.44 bits per heavy atom. The lowest BCUT2D eigenvalue weighted by atomic mass is 10.1. The minimum atomic E-state index is -0.420. The molecule has 1 aromatic carbocycles. The Morgan fingerprint density at radius 3 is 2.69 bits per heavy atom. The Morgan fingerprint density at radius 2 is 2.12 bits per heavy atom. The number of aliphatic hydroxyl groups is 1. The normalized spacial score (nSPS) is 13.1. The molecule has 0 heterocycles. The van der Waals surface area contributed by atoms with E-state index in [1.807, 2.05) is 0 Å². The Bertz CT molecular complexity index is 344. The fourth-order valence-electron chi connectivity index (χ4n) is 1.30. The fourth-order valence-corrected chi connectivity index (χ4v) is 2.23. The number of benzene rings is 1. The Labute approximate surface area is 105 Å². The highest BCUT2D eigenvalue weighted by Gasteiger charge is 2.08. The lowest BCUT2D eigenvalue weighted by Gasteiger charge is -2.12. The molecule has 0 spiro atoms. The molecule has 0 amide bonds. The lowest BCUT2D eigenvalue weighted by Crippen LogP contribution is -2.14. The molecule has 0 radical (unpaired) electrons. The van der Waals surface area contributed by atoms with Crippen LogP contribution in [0, 0.1) is 5.82 Å². The zero-order valence-electron chi connectivity index (χ0n) is 9.41. The van der Waals surface area contributed by atoms with E-state index in [2.05, 4.69) is 13.8 Å². The van der Waals surface area contributed by atoms with Crippen LogP contribution in [0.4, 0.5) is 4.39 Å². The molecule has 1 N–H and O–H groups in total. The van der Waals surface area contributed by atoms with Crippen LogP contribution >= 0.6 is 23.4 Å². The summed E-state index contributed by atoms with van der Waals surface area (Å²) in [6, 6.07) is 4.56. The van der Waals surface area contributed by atoms with Crippen molar-refractivity contribution in [3.8, 4) is 0 Å². The van der Waals surface area contributed by atoms with E-state index in [1.165, 1.54) is 6.07 Å². The molecule has 0 fully saturated rings. The molecule has 16 heavy (non-hydrogen) atoms. The van der Waals surface area contributed by atoms with Gasteiger partial charge in [0.25, 0.3) is 0 Å². The van der Waals surface area contributed by atoms with Crippen molar-refractivity contribution >= 4 is 23.4 Å². The van der Waals surface area contributed by atoms with Crippen LogP contribution in [0.2, 0.25) is 5.02 Å². The van der Waals surface area contributed by atoms with Gasteiger partial charge in [0.1, 0.15) is 5.82 Å². The van der Waals surface area contributed by atoms with Gasteiger partial charge in [0, 0.05) is 5.75 Å². The number of hydrogen-bond donors (Lipinski definition) is 1. The monoisotopic (exact) mass is 262 g/mol.